The second-order valence-corrected chi connectivity index (χ2v) is 6.95. The van der Waals surface area contributed by atoms with E-state index in [2.05, 4.69) is 32.0 Å². The highest BCUT2D eigenvalue weighted by atomic mass is 32.1. The summed E-state index contributed by atoms with van der Waals surface area (Å²) in [6, 6.07) is 0.792. The lowest BCUT2D eigenvalue weighted by molar-refractivity contribution is 0.643. The summed E-state index contributed by atoms with van der Waals surface area (Å²) in [5, 5.41) is 18.4. The average Bonchev–Trinajstić information content (AvgIpc) is 2.97. The fourth-order valence-electron chi connectivity index (χ4n) is 2.05. The van der Waals surface area contributed by atoms with Crippen LogP contribution in [0.4, 0.5) is 0 Å². The van der Waals surface area contributed by atoms with Crippen LogP contribution >= 0.6 is 22.9 Å². The Balaban J connectivity index is 1.56. The third-order valence-corrected chi connectivity index (χ3v) is 5.19. The number of rotatable bonds is 8. The zero-order valence-electron chi connectivity index (χ0n) is 11.6. The molecule has 2 aromatic rings. The van der Waals surface area contributed by atoms with E-state index in [1.165, 1.54) is 24.4 Å². The summed E-state index contributed by atoms with van der Waals surface area (Å²) in [6.45, 7) is 3.24. The maximum absolute atomic E-state index is 4.31. The third kappa shape index (κ3) is 3.59. The Kier molecular flexibility index (Phi) is 4.69. The van der Waals surface area contributed by atoms with Gasteiger partial charge < -0.3 is 5.32 Å². The van der Waals surface area contributed by atoms with Crippen molar-refractivity contribution in [1.29, 1.82) is 0 Å². The van der Waals surface area contributed by atoms with E-state index in [4.69, 9.17) is 0 Å². The van der Waals surface area contributed by atoms with Gasteiger partial charge in [0.05, 0.1) is 5.69 Å². The Bertz CT molecular complexity index is 546. The number of aromatic nitrogens is 4. The van der Waals surface area contributed by atoms with Crippen LogP contribution in [-0.2, 0) is 12.8 Å². The molecule has 20 heavy (non-hydrogen) atoms. The molecule has 2 aromatic heterocycles. The zero-order chi connectivity index (χ0) is 13.8. The molecule has 2 heterocycles. The highest BCUT2D eigenvalue weighted by Crippen LogP contribution is 2.30. The first kappa shape index (κ1) is 14.0. The molecule has 0 amide bonds. The van der Waals surface area contributed by atoms with Crippen molar-refractivity contribution in [2.45, 2.75) is 51.5 Å². The highest BCUT2D eigenvalue weighted by molar-refractivity contribution is 7.19. The van der Waals surface area contributed by atoms with Gasteiger partial charge in [0.1, 0.15) is 9.88 Å². The van der Waals surface area contributed by atoms with Gasteiger partial charge in [-0.3, -0.25) is 0 Å². The highest BCUT2D eigenvalue weighted by Gasteiger charge is 2.19. The molecule has 1 saturated carbocycles. The van der Waals surface area contributed by atoms with Gasteiger partial charge in [0.25, 0.3) is 0 Å². The Morgan fingerprint density at radius 3 is 2.90 bits per heavy atom. The molecule has 0 atom stereocenters. The van der Waals surface area contributed by atoms with Gasteiger partial charge in [-0.15, -0.1) is 15.3 Å². The van der Waals surface area contributed by atoms with Crippen molar-refractivity contribution in [3.05, 3.63) is 10.7 Å². The Morgan fingerprint density at radius 1 is 1.20 bits per heavy atom. The first-order chi connectivity index (χ1) is 9.86. The predicted octanol–water partition coefficient (Wildman–Crippen LogP) is 2.69. The molecule has 108 valence electrons. The van der Waals surface area contributed by atoms with Gasteiger partial charge >= 0.3 is 0 Å². The maximum atomic E-state index is 4.31. The lowest BCUT2D eigenvalue weighted by Crippen LogP contribution is -2.17. The van der Waals surface area contributed by atoms with Crippen LogP contribution in [0.1, 0.15) is 43.3 Å². The van der Waals surface area contributed by atoms with E-state index in [0.717, 1.165) is 58.9 Å². The smallest absolute Gasteiger partial charge is 0.161 e. The molecule has 7 heteroatoms. The lowest BCUT2D eigenvalue weighted by atomic mass is 10.2. The van der Waals surface area contributed by atoms with Crippen LogP contribution in [0, 0.1) is 0 Å². The van der Waals surface area contributed by atoms with Gasteiger partial charge in [-0.1, -0.05) is 29.2 Å². The summed E-state index contributed by atoms with van der Waals surface area (Å²) in [5.74, 6) is 0. The standard InChI is InChI=1S/C13H19N5S2/c1-2-4-10-12(20-18-15-10)13-17-16-11(19-13)5-3-8-14-9-6-7-9/h9,14H,2-8H2,1H3. The Labute approximate surface area is 127 Å². The van der Waals surface area contributed by atoms with E-state index < -0.39 is 0 Å². The van der Waals surface area contributed by atoms with Crippen LogP contribution < -0.4 is 5.32 Å². The molecule has 0 saturated heterocycles. The van der Waals surface area contributed by atoms with E-state index in [1.54, 1.807) is 11.3 Å². The number of aryl methyl sites for hydroxylation is 2. The molecule has 0 radical (unpaired) electrons. The van der Waals surface area contributed by atoms with Gasteiger partial charge in [-0.05, 0) is 43.8 Å². The van der Waals surface area contributed by atoms with E-state index in [-0.39, 0.29) is 0 Å². The third-order valence-electron chi connectivity index (χ3n) is 3.28. The normalized spacial score (nSPS) is 14.8. The molecular formula is C13H19N5S2. The second-order valence-electron chi connectivity index (χ2n) is 5.13. The summed E-state index contributed by atoms with van der Waals surface area (Å²) < 4.78 is 4.05. The number of nitrogens with zero attached hydrogens (tertiary/aromatic N) is 4. The fourth-order valence-corrected chi connectivity index (χ4v) is 3.72. The molecule has 0 aromatic carbocycles. The average molecular weight is 309 g/mol. The first-order valence-electron chi connectivity index (χ1n) is 7.24. The van der Waals surface area contributed by atoms with Crippen molar-refractivity contribution in [2.75, 3.05) is 6.54 Å². The van der Waals surface area contributed by atoms with Gasteiger partial charge in [0.2, 0.25) is 0 Å². The molecule has 0 spiro atoms. The van der Waals surface area contributed by atoms with E-state index in [0.29, 0.717) is 0 Å². The van der Waals surface area contributed by atoms with E-state index in [9.17, 15) is 0 Å². The Hall–Kier alpha value is -0.920. The minimum absolute atomic E-state index is 0.792. The minimum Gasteiger partial charge on any atom is -0.314 e. The van der Waals surface area contributed by atoms with Crippen LogP contribution in [0.25, 0.3) is 9.88 Å². The summed E-state index contributed by atoms with van der Waals surface area (Å²) in [5.41, 5.74) is 1.07. The van der Waals surface area contributed by atoms with Crippen LogP contribution in [0.2, 0.25) is 0 Å². The van der Waals surface area contributed by atoms with Gasteiger partial charge in [-0.25, -0.2) is 0 Å². The van der Waals surface area contributed by atoms with Crippen LogP contribution in [-0.4, -0.2) is 32.4 Å². The van der Waals surface area contributed by atoms with Crippen molar-refractivity contribution in [2.24, 2.45) is 0 Å². The maximum Gasteiger partial charge on any atom is 0.161 e. The fraction of sp³-hybridized carbons (Fsp3) is 0.692. The van der Waals surface area contributed by atoms with E-state index in [1.807, 2.05) is 0 Å². The SMILES string of the molecule is CCCc1nnsc1-c1nnc(CCCNC2CC2)s1. The molecule has 3 rings (SSSR count). The minimum atomic E-state index is 0.792. The lowest BCUT2D eigenvalue weighted by Gasteiger charge is -1.99. The van der Waals surface area contributed by atoms with Gasteiger partial charge in [0, 0.05) is 12.5 Å². The van der Waals surface area contributed by atoms with Crippen molar-refractivity contribution in [1.82, 2.24) is 25.1 Å². The Morgan fingerprint density at radius 2 is 2.10 bits per heavy atom. The number of nitrogens with one attached hydrogen (secondary N) is 1. The summed E-state index contributed by atoms with van der Waals surface area (Å²) in [6.07, 6.45) is 6.88. The largest absolute Gasteiger partial charge is 0.314 e. The van der Waals surface area contributed by atoms with Crippen molar-refractivity contribution in [3.8, 4) is 9.88 Å². The van der Waals surface area contributed by atoms with Crippen molar-refractivity contribution in [3.63, 3.8) is 0 Å². The summed E-state index contributed by atoms with van der Waals surface area (Å²) in [4.78, 5) is 1.10. The number of hydrogen-bond donors (Lipinski definition) is 1. The summed E-state index contributed by atoms with van der Waals surface area (Å²) >= 11 is 3.12. The summed E-state index contributed by atoms with van der Waals surface area (Å²) in [7, 11) is 0. The zero-order valence-corrected chi connectivity index (χ0v) is 13.3. The van der Waals surface area contributed by atoms with Gasteiger partial charge in [-0.2, -0.15) is 0 Å². The topological polar surface area (TPSA) is 63.6 Å². The molecule has 0 bridgehead atoms. The molecule has 1 fully saturated rings. The van der Waals surface area contributed by atoms with Gasteiger partial charge in [0.15, 0.2) is 5.01 Å². The molecule has 5 nitrogen and oxygen atoms in total. The van der Waals surface area contributed by atoms with Crippen molar-refractivity contribution >= 4 is 22.9 Å². The first-order valence-corrected chi connectivity index (χ1v) is 8.83. The molecule has 0 aliphatic heterocycles. The molecule has 0 unspecified atom stereocenters. The quantitative estimate of drug-likeness (QED) is 0.760. The van der Waals surface area contributed by atoms with E-state index >= 15 is 0 Å². The number of hydrogen-bond acceptors (Lipinski definition) is 7. The van der Waals surface area contributed by atoms with Crippen molar-refractivity contribution < 1.29 is 0 Å². The predicted molar refractivity (Wildman–Crippen MR) is 82.2 cm³/mol. The molecular weight excluding hydrogens is 290 g/mol. The van der Waals surface area contributed by atoms with Crippen LogP contribution in [0.5, 0.6) is 0 Å². The molecule has 1 aliphatic rings. The second kappa shape index (κ2) is 6.69. The van der Waals surface area contributed by atoms with Crippen LogP contribution in [0.15, 0.2) is 0 Å². The van der Waals surface area contributed by atoms with Crippen LogP contribution in [0.3, 0.4) is 0 Å². The molecule has 1 N–H and O–H groups in total. The monoisotopic (exact) mass is 309 g/mol. The molecule has 1 aliphatic carbocycles.